The molecule has 2 fully saturated rings. The van der Waals surface area contributed by atoms with Crippen molar-refractivity contribution < 1.29 is 9.32 Å². The van der Waals surface area contributed by atoms with E-state index in [1.165, 1.54) is 31.3 Å². The van der Waals surface area contributed by atoms with Gasteiger partial charge in [0, 0.05) is 12.5 Å². The highest BCUT2D eigenvalue weighted by molar-refractivity contribution is 5.78. The van der Waals surface area contributed by atoms with Gasteiger partial charge in [-0.05, 0) is 64.3 Å². The molecule has 0 aromatic carbocycles. The Balaban J connectivity index is 1.25. The first-order valence-electron chi connectivity index (χ1n) is 9.82. The molecule has 6 nitrogen and oxygen atoms in total. The summed E-state index contributed by atoms with van der Waals surface area (Å²) in [5, 5.41) is 7.25. The summed E-state index contributed by atoms with van der Waals surface area (Å²) in [6.07, 6.45) is 12.8. The van der Waals surface area contributed by atoms with E-state index in [-0.39, 0.29) is 11.9 Å². The SMILES string of the molecule is O=C(CN1CCC[C@H]1c1noc(C2CC2)n1)NCCC1=CCCCC1. The molecule has 0 unspecified atom stereocenters. The predicted octanol–water partition coefficient (Wildman–Crippen LogP) is 3.09. The highest BCUT2D eigenvalue weighted by Gasteiger charge is 2.34. The molecule has 4 rings (SSSR count). The minimum Gasteiger partial charge on any atom is -0.355 e. The monoisotopic (exact) mass is 344 g/mol. The molecule has 3 aliphatic rings. The Bertz CT molecular complexity index is 635. The van der Waals surface area contributed by atoms with Crippen LogP contribution >= 0.6 is 0 Å². The molecule has 1 atom stereocenters. The molecule has 1 aromatic rings. The summed E-state index contributed by atoms with van der Waals surface area (Å²) in [6, 6.07) is 0.128. The van der Waals surface area contributed by atoms with Crippen LogP contribution in [0.5, 0.6) is 0 Å². The van der Waals surface area contributed by atoms with E-state index >= 15 is 0 Å². The van der Waals surface area contributed by atoms with Crippen molar-refractivity contribution >= 4 is 5.91 Å². The van der Waals surface area contributed by atoms with Crippen LogP contribution in [0.15, 0.2) is 16.2 Å². The fourth-order valence-electron chi connectivity index (χ4n) is 3.92. The zero-order valence-corrected chi connectivity index (χ0v) is 14.9. The molecule has 1 aliphatic heterocycles. The molecule has 25 heavy (non-hydrogen) atoms. The number of likely N-dealkylation sites (tertiary alicyclic amines) is 1. The fraction of sp³-hybridized carbons (Fsp3) is 0.737. The van der Waals surface area contributed by atoms with Gasteiger partial charge in [0.2, 0.25) is 11.8 Å². The molecule has 0 spiro atoms. The molecule has 1 amide bonds. The minimum atomic E-state index is 0.106. The molecule has 1 aromatic heterocycles. The van der Waals surface area contributed by atoms with Crippen molar-refractivity contribution in [2.75, 3.05) is 19.6 Å². The van der Waals surface area contributed by atoms with Crippen LogP contribution < -0.4 is 5.32 Å². The molecule has 0 bridgehead atoms. The van der Waals surface area contributed by atoms with E-state index in [9.17, 15) is 4.79 Å². The fourth-order valence-corrected chi connectivity index (χ4v) is 3.92. The number of hydrogen-bond donors (Lipinski definition) is 1. The lowest BCUT2D eigenvalue weighted by molar-refractivity contribution is -0.122. The number of allylic oxidation sites excluding steroid dienone is 1. The zero-order valence-electron chi connectivity index (χ0n) is 14.9. The van der Waals surface area contributed by atoms with Crippen molar-refractivity contribution in [2.24, 2.45) is 0 Å². The van der Waals surface area contributed by atoms with E-state index in [4.69, 9.17) is 4.52 Å². The van der Waals surface area contributed by atoms with Crippen LogP contribution in [-0.2, 0) is 4.79 Å². The Hall–Kier alpha value is -1.69. The third kappa shape index (κ3) is 4.29. The first kappa shape index (κ1) is 16.8. The number of carbonyl (C=O) groups is 1. The average Bonchev–Trinajstić information content (AvgIpc) is 3.18. The van der Waals surface area contributed by atoms with E-state index in [0.29, 0.717) is 12.5 Å². The second-order valence-electron chi connectivity index (χ2n) is 7.60. The van der Waals surface area contributed by atoms with Crippen LogP contribution in [0.25, 0.3) is 0 Å². The molecule has 136 valence electrons. The number of hydrogen-bond acceptors (Lipinski definition) is 5. The maximum Gasteiger partial charge on any atom is 0.234 e. The van der Waals surface area contributed by atoms with Crippen LogP contribution in [0.3, 0.4) is 0 Å². The van der Waals surface area contributed by atoms with Gasteiger partial charge in [-0.2, -0.15) is 4.98 Å². The van der Waals surface area contributed by atoms with Crippen molar-refractivity contribution in [1.29, 1.82) is 0 Å². The third-order valence-corrected chi connectivity index (χ3v) is 5.55. The van der Waals surface area contributed by atoms with Gasteiger partial charge in [-0.1, -0.05) is 16.8 Å². The van der Waals surface area contributed by atoms with E-state index in [1.54, 1.807) is 0 Å². The standard InChI is InChI=1S/C19H28N4O2/c24-17(20-11-10-14-5-2-1-3-6-14)13-23-12-4-7-16(23)18-21-19(25-22-18)15-8-9-15/h5,15-16H,1-4,6-13H2,(H,20,24)/t16-/m0/s1. The van der Waals surface area contributed by atoms with Crippen LogP contribution in [0.4, 0.5) is 0 Å². The van der Waals surface area contributed by atoms with Gasteiger partial charge in [0.1, 0.15) is 0 Å². The molecule has 2 heterocycles. The van der Waals surface area contributed by atoms with Gasteiger partial charge in [-0.25, -0.2) is 0 Å². The highest BCUT2D eigenvalue weighted by Crippen LogP contribution is 2.40. The van der Waals surface area contributed by atoms with Crippen molar-refractivity contribution in [3.63, 3.8) is 0 Å². The second-order valence-corrected chi connectivity index (χ2v) is 7.60. The normalized spacial score (nSPS) is 24.3. The van der Waals surface area contributed by atoms with Gasteiger partial charge >= 0.3 is 0 Å². The van der Waals surface area contributed by atoms with Crippen LogP contribution in [0.1, 0.15) is 81.5 Å². The van der Waals surface area contributed by atoms with Crippen molar-refractivity contribution in [3.05, 3.63) is 23.4 Å². The Morgan fingerprint density at radius 2 is 2.20 bits per heavy atom. The third-order valence-electron chi connectivity index (χ3n) is 5.55. The number of nitrogens with zero attached hydrogens (tertiary/aromatic N) is 3. The number of amides is 1. The minimum absolute atomic E-state index is 0.106. The Labute approximate surface area is 149 Å². The summed E-state index contributed by atoms with van der Waals surface area (Å²) in [5.74, 6) is 2.13. The van der Waals surface area contributed by atoms with Gasteiger partial charge in [0.05, 0.1) is 12.6 Å². The van der Waals surface area contributed by atoms with Gasteiger partial charge in [-0.15, -0.1) is 0 Å². The van der Waals surface area contributed by atoms with E-state index in [1.807, 2.05) is 0 Å². The molecule has 1 N–H and O–H groups in total. The predicted molar refractivity (Wildman–Crippen MR) is 94.0 cm³/mol. The topological polar surface area (TPSA) is 71.3 Å². The van der Waals surface area contributed by atoms with Gasteiger partial charge in [-0.3, -0.25) is 9.69 Å². The Kier molecular flexibility index (Phi) is 5.15. The summed E-state index contributed by atoms with van der Waals surface area (Å²) in [7, 11) is 0. The lowest BCUT2D eigenvalue weighted by Crippen LogP contribution is -2.37. The lowest BCUT2D eigenvalue weighted by Gasteiger charge is -2.21. The highest BCUT2D eigenvalue weighted by atomic mass is 16.5. The van der Waals surface area contributed by atoms with Crippen LogP contribution in [0, 0.1) is 0 Å². The first-order chi connectivity index (χ1) is 12.3. The summed E-state index contributed by atoms with van der Waals surface area (Å²) in [6.45, 7) is 2.10. The van der Waals surface area contributed by atoms with Gasteiger partial charge < -0.3 is 9.84 Å². The quantitative estimate of drug-likeness (QED) is 0.770. The summed E-state index contributed by atoms with van der Waals surface area (Å²) in [5.41, 5.74) is 1.50. The van der Waals surface area contributed by atoms with Crippen molar-refractivity contribution in [1.82, 2.24) is 20.4 Å². The molecule has 0 radical (unpaired) electrons. The molecule has 1 saturated carbocycles. The molecule has 2 aliphatic carbocycles. The van der Waals surface area contributed by atoms with Crippen molar-refractivity contribution in [3.8, 4) is 0 Å². The van der Waals surface area contributed by atoms with Gasteiger partial charge in [0.25, 0.3) is 0 Å². The average molecular weight is 344 g/mol. The largest absolute Gasteiger partial charge is 0.355 e. The number of carbonyl (C=O) groups excluding carboxylic acids is 1. The number of aromatic nitrogens is 2. The van der Waals surface area contributed by atoms with Crippen LogP contribution in [0.2, 0.25) is 0 Å². The zero-order chi connectivity index (χ0) is 17.1. The smallest absolute Gasteiger partial charge is 0.234 e. The molecular formula is C19H28N4O2. The summed E-state index contributed by atoms with van der Waals surface area (Å²) in [4.78, 5) is 19.1. The second kappa shape index (κ2) is 7.68. The van der Waals surface area contributed by atoms with Crippen molar-refractivity contribution in [2.45, 2.75) is 69.7 Å². The summed E-state index contributed by atoms with van der Waals surface area (Å²) < 4.78 is 5.39. The summed E-state index contributed by atoms with van der Waals surface area (Å²) >= 11 is 0. The number of rotatable bonds is 7. The molecule has 1 saturated heterocycles. The van der Waals surface area contributed by atoms with E-state index in [2.05, 4.69) is 26.4 Å². The first-order valence-corrected chi connectivity index (χ1v) is 9.82. The van der Waals surface area contributed by atoms with Crippen LogP contribution in [-0.4, -0.2) is 40.6 Å². The van der Waals surface area contributed by atoms with Gasteiger partial charge in [0.15, 0.2) is 5.82 Å². The maximum absolute atomic E-state index is 12.3. The Morgan fingerprint density at radius 3 is 3.00 bits per heavy atom. The maximum atomic E-state index is 12.3. The van der Waals surface area contributed by atoms with E-state index < -0.39 is 0 Å². The molecular weight excluding hydrogens is 316 g/mol. The van der Waals surface area contributed by atoms with E-state index in [0.717, 1.165) is 56.9 Å². The Morgan fingerprint density at radius 1 is 1.28 bits per heavy atom. The molecule has 6 heteroatoms. The lowest BCUT2D eigenvalue weighted by atomic mass is 9.97. The number of nitrogens with one attached hydrogen (secondary N) is 1.